The van der Waals surface area contributed by atoms with Gasteiger partial charge in [-0.05, 0) is 12.1 Å². The number of thiocarbonyl (C=S) groups is 1. The zero-order chi connectivity index (χ0) is 14.0. The molecular weight excluding hydrogens is 284 g/mol. The van der Waals surface area contributed by atoms with Crippen LogP contribution in [0.1, 0.15) is 5.56 Å². The summed E-state index contributed by atoms with van der Waals surface area (Å²) >= 11 is 4.88. The Balaban J connectivity index is 2.39. The first-order valence-electron chi connectivity index (χ1n) is 5.30. The summed E-state index contributed by atoms with van der Waals surface area (Å²) in [5, 5.41) is -0.0623. The number of anilines is 1. The van der Waals surface area contributed by atoms with E-state index in [4.69, 9.17) is 18.0 Å². The van der Waals surface area contributed by atoms with Crippen LogP contribution in [0.3, 0.4) is 0 Å². The van der Waals surface area contributed by atoms with Crippen molar-refractivity contribution >= 4 is 32.9 Å². The number of nitrogens with zero attached hydrogens (tertiary/aromatic N) is 2. The molecule has 0 aliphatic carbocycles. The Kier molecular flexibility index (Phi) is 3.54. The molecule has 2 rings (SSSR count). The fraction of sp³-hybridized carbons (Fsp3) is 0.0909. The predicted molar refractivity (Wildman–Crippen MR) is 76.3 cm³/mol. The third-order valence-corrected chi connectivity index (χ3v) is 3.86. The Bertz CT molecular complexity index is 722. The fourth-order valence-electron chi connectivity index (χ4n) is 1.51. The highest BCUT2D eigenvalue weighted by Crippen LogP contribution is 2.19. The second kappa shape index (κ2) is 4.98. The Morgan fingerprint density at radius 1 is 1.42 bits per heavy atom. The van der Waals surface area contributed by atoms with Gasteiger partial charge in [-0.1, -0.05) is 24.4 Å². The van der Waals surface area contributed by atoms with Gasteiger partial charge in [0.05, 0.1) is 12.0 Å². The lowest BCUT2D eigenvalue weighted by atomic mass is 10.2. The topological polar surface area (TPSA) is 90.0 Å². The number of hydrogen-bond acceptors (Lipinski definition) is 4. The minimum Gasteiger partial charge on any atom is -0.389 e. The molecule has 0 radical (unpaired) electrons. The van der Waals surface area contributed by atoms with Crippen molar-refractivity contribution in [3.05, 3.63) is 42.4 Å². The Hall–Kier alpha value is -1.93. The van der Waals surface area contributed by atoms with Gasteiger partial charge in [-0.25, -0.2) is 4.98 Å². The summed E-state index contributed by atoms with van der Waals surface area (Å²) in [6.45, 7) is 0. The summed E-state index contributed by atoms with van der Waals surface area (Å²) in [6, 6.07) is 6.67. The normalized spacial score (nSPS) is 11.2. The average molecular weight is 296 g/mol. The maximum absolute atomic E-state index is 12.1. The lowest BCUT2D eigenvalue weighted by Gasteiger charge is -2.10. The highest BCUT2D eigenvalue weighted by atomic mass is 32.2. The molecule has 3 N–H and O–H groups in total. The molecule has 0 bridgehead atoms. The molecule has 0 aliphatic heterocycles. The Labute approximate surface area is 116 Å². The fourth-order valence-corrected chi connectivity index (χ4v) is 2.75. The number of sulfonamides is 1. The molecule has 0 fully saturated rings. The van der Waals surface area contributed by atoms with Crippen LogP contribution >= 0.6 is 12.2 Å². The van der Waals surface area contributed by atoms with Crippen molar-refractivity contribution in [2.45, 2.75) is 5.03 Å². The van der Waals surface area contributed by atoms with Crippen LogP contribution in [0, 0.1) is 0 Å². The average Bonchev–Trinajstić information content (AvgIpc) is 2.76. The second-order valence-electron chi connectivity index (χ2n) is 3.89. The van der Waals surface area contributed by atoms with Gasteiger partial charge < -0.3 is 10.3 Å². The number of nitrogens with one attached hydrogen (secondary N) is 1. The minimum atomic E-state index is -3.75. The summed E-state index contributed by atoms with van der Waals surface area (Å²) in [7, 11) is -2.06. The van der Waals surface area contributed by atoms with E-state index in [0.717, 1.165) is 0 Å². The van der Waals surface area contributed by atoms with Crippen LogP contribution in [-0.4, -0.2) is 23.0 Å². The van der Waals surface area contributed by atoms with Gasteiger partial charge in [0.1, 0.15) is 4.99 Å². The first-order valence-corrected chi connectivity index (χ1v) is 7.19. The van der Waals surface area contributed by atoms with E-state index in [9.17, 15) is 8.42 Å². The number of hydrogen-bond donors (Lipinski definition) is 2. The minimum absolute atomic E-state index is 0.0623. The lowest BCUT2D eigenvalue weighted by Crippen LogP contribution is -2.18. The first kappa shape index (κ1) is 13.5. The molecule has 2 aromatic rings. The molecular formula is C11H12N4O2S2. The van der Waals surface area contributed by atoms with E-state index in [1.165, 1.54) is 12.5 Å². The largest absolute Gasteiger partial charge is 0.389 e. The molecule has 0 aliphatic rings. The summed E-state index contributed by atoms with van der Waals surface area (Å²) < 4.78 is 28.2. The predicted octanol–water partition coefficient (Wildman–Crippen LogP) is 0.855. The van der Waals surface area contributed by atoms with Crippen LogP contribution in [0.4, 0.5) is 5.69 Å². The molecule has 1 aromatic heterocycles. The molecule has 0 spiro atoms. The van der Waals surface area contributed by atoms with Gasteiger partial charge in [0.15, 0.2) is 5.03 Å². The monoisotopic (exact) mass is 296 g/mol. The molecule has 0 amide bonds. The Morgan fingerprint density at radius 3 is 2.68 bits per heavy atom. The number of aryl methyl sites for hydroxylation is 1. The molecule has 1 aromatic carbocycles. The van der Waals surface area contributed by atoms with Crippen molar-refractivity contribution < 1.29 is 8.42 Å². The molecule has 8 heteroatoms. The van der Waals surface area contributed by atoms with Gasteiger partial charge in [-0.15, -0.1) is 0 Å². The number of benzene rings is 1. The van der Waals surface area contributed by atoms with Crippen LogP contribution in [-0.2, 0) is 17.1 Å². The summed E-state index contributed by atoms with van der Waals surface area (Å²) in [5.74, 6) is 0. The van der Waals surface area contributed by atoms with Gasteiger partial charge in [-0.2, -0.15) is 8.42 Å². The van der Waals surface area contributed by atoms with Gasteiger partial charge in [0, 0.05) is 18.8 Å². The quantitative estimate of drug-likeness (QED) is 0.817. The first-order chi connectivity index (χ1) is 8.90. The summed E-state index contributed by atoms with van der Waals surface area (Å²) in [6.07, 6.45) is 2.82. The molecule has 1 heterocycles. The highest BCUT2D eigenvalue weighted by molar-refractivity contribution is 7.92. The number of nitrogens with two attached hydrogens (primary N) is 1. The highest BCUT2D eigenvalue weighted by Gasteiger charge is 2.18. The second-order valence-corrected chi connectivity index (χ2v) is 5.96. The molecule has 0 saturated carbocycles. The molecule has 0 unspecified atom stereocenters. The van der Waals surface area contributed by atoms with E-state index >= 15 is 0 Å². The van der Waals surface area contributed by atoms with Gasteiger partial charge in [0.25, 0.3) is 10.0 Å². The zero-order valence-corrected chi connectivity index (χ0v) is 11.7. The van der Waals surface area contributed by atoms with E-state index in [0.29, 0.717) is 11.3 Å². The lowest BCUT2D eigenvalue weighted by molar-refractivity contribution is 0.598. The van der Waals surface area contributed by atoms with Crippen LogP contribution in [0.15, 0.2) is 41.8 Å². The maximum atomic E-state index is 12.1. The summed E-state index contributed by atoms with van der Waals surface area (Å²) in [4.78, 5) is 3.93. The number of aromatic nitrogens is 2. The van der Waals surface area contributed by atoms with Crippen molar-refractivity contribution in [2.75, 3.05) is 4.72 Å². The van der Waals surface area contributed by atoms with E-state index < -0.39 is 10.0 Å². The van der Waals surface area contributed by atoms with E-state index in [1.807, 2.05) is 0 Å². The van der Waals surface area contributed by atoms with E-state index in [2.05, 4.69) is 9.71 Å². The van der Waals surface area contributed by atoms with Gasteiger partial charge >= 0.3 is 0 Å². The standard InChI is InChI=1S/C11H12N4O2S2/c1-15-6-10(13-7-15)19(16,17)14-9-5-3-2-4-8(9)11(12)18/h2-7,14H,1H3,(H2,12,18). The number of imidazole rings is 1. The van der Waals surface area contributed by atoms with Crippen molar-refractivity contribution in [3.63, 3.8) is 0 Å². The van der Waals surface area contributed by atoms with E-state index in [-0.39, 0.29) is 10.0 Å². The van der Waals surface area contributed by atoms with Crippen molar-refractivity contribution in [2.24, 2.45) is 12.8 Å². The van der Waals surface area contributed by atoms with E-state index in [1.54, 1.807) is 35.9 Å². The van der Waals surface area contributed by atoms with Crippen LogP contribution in [0.2, 0.25) is 0 Å². The van der Waals surface area contributed by atoms with Crippen LogP contribution < -0.4 is 10.5 Å². The third-order valence-electron chi connectivity index (χ3n) is 2.39. The molecule has 100 valence electrons. The molecule has 0 saturated heterocycles. The molecule has 19 heavy (non-hydrogen) atoms. The van der Waals surface area contributed by atoms with Gasteiger partial charge in [-0.3, -0.25) is 4.72 Å². The van der Waals surface area contributed by atoms with Crippen molar-refractivity contribution in [1.82, 2.24) is 9.55 Å². The Morgan fingerprint density at radius 2 is 2.11 bits per heavy atom. The third kappa shape index (κ3) is 2.91. The number of rotatable bonds is 4. The molecule has 6 nitrogen and oxygen atoms in total. The zero-order valence-electron chi connectivity index (χ0n) is 10.1. The van der Waals surface area contributed by atoms with Gasteiger partial charge in [0.2, 0.25) is 0 Å². The SMILES string of the molecule is Cn1cnc(S(=O)(=O)Nc2ccccc2C(N)=S)c1. The van der Waals surface area contributed by atoms with Crippen molar-refractivity contribution in [3.8, 4) is 0 Å². The maximum Gasteiger partial charge on any atom is 0.280 e. The smallest absolute Gasteiger partial charge is 0.280 e. The number of para-hydroxylation sites is 1. The van der Waals surface area contributed by atoms with Crippen LogP contribution in [0.25, 0.3) is 0 Å². The summed E-state index contributed by atoms with van der Waals surface area (Å²) in [5.41, 5.74) is 6.36. The van der Waals surface area contributed by atoms with Crippen LogP contribution in [0.5, 0.6) is 0 Å². The van der Waals surface area contributed by atoms with Crippen molar-refractivity contribution in [1.29, 1.82) is 0 Å². The molecule has 0 atom stereocenters.